The van der Waals surface area contributed by atoms with Gasteiger partial charge >= 0.3 is 6.09 Å². The number of piperidine rings is 1. The molecular weight excluding hydrogens is 318 g/mol. The fourth-order valence-electron chi connectivity index (χ4n) is 3.22. The second kappa shape index (κ2) is 10.00. The maximum Gasteiger partial charge on any atom is 0.410 e. The number of nitrogens with zero attached hydrogens (tertiary/aromatic N) is 2. The molecule has 25 heavy (non-hydrogen) atoms. The molecule has 0 aliphatic carbocycles. The van der Waals surface area contributed by atoms with E-state index in [1.807, 2.05) is 27.7 Å². The first-order chi connectivity index (χ1) is 11.6. The molecule has 0 saturated carbocycles. The Labute approximate surface area is 153 Å². The van der Waals surface area contributed by atoms with Gasteiger partial charge in [-0.05, 0) is 46.6 Å². The van der Waals surface area contributed by atoms with Gasteiger partial charge in [-0.1, -0.05) is 20.3 Å². The summed E-state index contributed by atoms with van der Waals surface area (Å²) < 4.78 is 5.31. The van der Waals surface area contributed by atoms with Crippen molar-refractivity contribution >= 4 is 12.0 Å². The Hall–Kier alpha value is -1.30. The number of carbonyl (C=O) groups excluding carboxylic acids is 2. The van der Waals surface area contributed by atoms with Crippen LogP contribution in [0.15, 0.2) is 0 Å². The maximum absolute atomic E-state index is 12.3. The van der Waals surface area contributed by atoms with Gasteiger partial charge in [-0.3, -0.25) is 9.69 Å². The Kier molecular flexibility index (Phi) is 8.69. The SMILES string of the molecule is CC[C@H]1CCCCN1CCNC(=O)[C@H](C)CN(C)C(=O)OC(C)(C)C. The lowest BCUT2D eigenvalue weighted by atomic mass is 10.0. The molecule has 0 unspecified atom stereocenters. The molecule has 2 amide bonds. The van der Waals surface area contributed by atoms with Crippen LogP contribution in [0.4, 0.5) is 4.79 Å². The van der Waals surface area contributed by atoms with Gasteiger partial charge in [0.15, 0.2) is 0 Å². The normalized spacial score (nSPS) is 20.0. The van der Waals surface area contributed by atoms with E-state index < -0.39 is 11.7 Å². The van der Waals surface area contributed by atoms with E-state index >= 15 is 0 Å². The number of rotatable bonds is 7. The van der Waals surface area contributed by atoms with Gasteiger partial charge in [0.1, 0.15) is 5.60 Å². The van der Waals surface area contributed by atoms with E-state index in [9.17, 15) is 9.59 Å². The zero-order chi connectivity index (χ0) is 19.0. The Morgan fingerprint density at radius 2 is 2.00 bits per heavy atom. The fourth-order valence-corrected chi connectivity index (χ4v) is 3.22. The van der Waals surface area contributed by atoms with Crippen LogP contribution in [0.3, 0.4) is 0 Å². The quantitative estimate of drug-likeness (QED) is 0.763. The summed E-state index contributed by atoms with van der Waals surface area (Å²) in [4.78, 5) is 28.2. The molecule has 0 radical (unpaired) electrons. The smallest absolute Gasteiger partial charge is 0.410 e. The highest BCUT2D eigenvalue weighted by atomic mass is 16.6. The van der Waals surface area contributed by atoms with Crippen LogP contribution in [0.25, 0.3) is 0 Å². The predicted octanol–water partition coefficient (Wildman–Crippen LogP) is 2.87. The van der Waals surface area contributed by atoms with Crippen molar-refractivity contribution in [3.05, 3.63) is 0 Å². The second-order valence-corrected chi connectivity index (χ2v) is 8.15. The first-order valence-electron chi connectivity index (χ1n) is 9.60. The summed E-state index contributed by atoms with van der Waals surface area (Å²) in [5.41, 5.74) is -0.527. The Balaban J connectivity index is 2.32. The zero-order valence-corrected chi connectivity index (χ0v) is 16.9. The molecule has 0 aromatic rings. The topological polar surface area (TPSA) is 61.9 Å². The number of hydrogen-bond acceptors (Lipinski definition) is 4. The van der Waals surface area contributed by atoms with Crippen molar-refractivity contribution in [2.75, 3.05) is 33.2 Å². The van der Waals surface area contributed by atoms with Crippen molar-refractivity contribution in [2.24, 2.45) is 5.92 Å². The molecule has 0 aromatic heterocycles. The van der Waals surface area contributed by atoms with E-state index in [0.29, 0.717) is 19.1 Å². The van der Waals surface area contributed by atoms with E-state index in [0.717, 1.165) is 13.1 Å². The molecule has 146 valence electrons. The van der Waals surface area contributed by atoms with Crippen molar-refractivity contribution in [2.45, 2.75) is 71.9 Å². The molecular formula is C19H37N3O3. The predicted molar refractivity (Wildman–Crippen MR) is 101 cm³/mol. The van der Waals surface area contributed by atoms with Crippen LogP contribution in [-0.2, 0) is 9.53 Å². The first-order valence-corrected chi connectivity index (χ1v) is 9.60. The summed E-state index contributed by atoms with van der Waals surface area (Å²) in [5.74, 6) is -0.277. The summed E-state index contributed by atoms with van der Waals surface area (Å²) in [6.45, 7) is 12.6. The minimum Gasteiger partial charge on any atom is -0.444 e. The average Bonchev–Trinajstić information content (AvgIpc) is 2.53. The molecule has 1 heterocycles. The molecule has 6 heteroatoms. The van der Waals surface area contributed by atoms with Gasteiger partial charge in [0.25, 0.3) is 0 Å². The lowest BCUT2D eigenvalue weighted by molar-refractivity contribution is -0.124. The molecule has 1 saturated heterocycles. The molecule has 0 spiro atoms. The molecule has 1 aliphatic heterocycles. The highest BCUT2D eigenvalue weighted by Gasteiger charge is 2.24. The fraction of sp³-hybridized carbons (Fsp3) is 0.895. The molecule has 1 N–H and O–H groups in total. The van der Waals surface area contributed by atoms with E-state index in [1.54, 1.807) is 7.05 Å². The molecule has 1 aliphatic rings. The monoisotopic (exact) mass is 355 g/mol. The van der Waals surface area contributed by atoms with Gasteiger partial charge in [-0.2, -0.15) is 0 Å². The van der Waals surface area contributed by atoms with Crippen molar-refractivity contribution in [3.8, 4) is 0 Å². The Morgan fingerprint density at radius 1 is 1.32 bits per heavy atom. The highest BCUT2D eigenvalue weighted by molar-refractivity contribution is 5.79. The van der Waals surface area contributed by atoms with Crippen LogP contribution in [-0.4, -0.2) is 66.7 Å². The zero-order valence-electron chi connectivity index (χ0n) is 16.9. The van der Waals surface area contributed by atoms with Crippen LogP contribution >= 0.6 is 0 Å². The summed E-state index contributed by atoms with van der Waals surface area (Å²) in [6.07, 6.45) is 4.61. The van der Waals surface area contributed by atoms with Gasteiger partial charge < -0.3 is 15.0 Å². The van der Waals surface area contributed by atoms with Crippen LogP contribution < -0.4 is 5.32 Å². The van der Waals surface area contributed by atoms with Crippen molar-refractivity contribution in [1.29, 1.82) is 0 Å². The van der Waals surface area contributed by atoms with Crippen molar-refractivity contribution in [3.63, 3.8) is 0 Å². The second-order valence-electron chi connectivity index (χ2n) is 8.15. The number of nitrogens with one attached hydrogen (secondary N) is 1. The third-order valence-corrected chi connectivity index (χ3v) is 4.62. The minimum atomic E-state index is -0.527. The Bertz CT molecular complexity index is 434. The summed E-state index contributed by atoms with van der Waals surface area (Å²) in [5, 5.41) is 3.01. The lowest BCUT2D eigenvalue weighted by Crippen LogP contribution is -2.45. The van der Waals surface area contributed by atoms with Crippen LogP contribution in [0.5, 0.6) is 0 Å². The third kappa shape index (κ3) is 8.08. The molecule has 1 rings (SSSR count). The van der Waals surface area contributed by atoms with E-state index in [2.05, 4.69) is 17.1 Å². The van der Waals surface area contributed by atoms with Crippen molar-refractivity contribution < 1.29 is 14.3 Å². The Morgan fingerprint density at radius 3 is 2.60 bits per heavy atom. The van der Waals surface area contributed by atoms with Gasteiger partial charge in [0, 0.05) is 32.7 Å². The molecule has 0 aromatic carbocycles. The molecule has 0 bridgehead atoms. The van der Waals surface area contributed by atoms with Crippen LogP contribution in [0.1, 0.15) is 60.3 Å². The number of likely N-dealkylation sites (tertiary alicyclic amines) is 1. The van der Waals surface area contributed by atoms with Gasteiger partial charge in [0.05, 0.1) is 5.92 Å². The summed E-state index contributed by atoms with van der Waals surface area (Å²) >= 11 is 0. The number of ether oxygens (including phenoxy) is 1. The van der Waals surface area contributed by atoms with E-state index in [-0.39, 0.29) is 11.8 Å². The average molecular weight is 356 g/mol. The molecule has 1 fully saturated rings. The van der Waals surface area contributed by atoms with Gasteiger partial charge in [0.2, 0.25) is 5.91 Å². The maximum atomic E-state index is 12.3. The highest BCUT2D eigenvalue weighted by Crippen LogP contribution is 2.18. The number of carbonyl (C=O) groups is 2. The molecule has 6 nitrogen and oxygen atoms in total. The van der Waals surface area contributed by atoms with Crippen LogP contribution in [0, 0.1) is 5.92 Å². The van der Waals surface area contributed by atoms with E-state index in [4.69, 9.17) is 4.74 Å². The number of hydrogen-bond donors (Lipinski definition) is 1. The molecule has 2 atom stereocenters. The summed E-state index contributed by atoms with van der Waals surface area (Å²) in [7, 11) is 1.66. The van der Waals surface area contributed by atoms with Gasteiger partial charge in [-0.25, -0.2) is 4.79 Å². The van der Waals surface area contributed by atoms with Crippen LogP contribution in [0.2, 0.25) is 0 Å². The lowest BCUT2D eigenvalue weighted by Gasteiger charge is -2.35. The largest absolute Gasteiger partial charge is 0.444 e. The number of amides is 2. The first kappa shape index (κ1) is 21.7. The van der Waals surface area contributed by atoms with Crippen molar-refractivity contribution in [1.82, 2.24) is 15.1 Å². The summed E-state index contributed by atoms with van der Waals surface area (Å²) in [6, 6.07) is 0.654. The van der Waals surface area contributed by atoms with Gasteiger partial charge in [-0.15, -0.1) is 0 Å². The third-order valence-electron chi connectivity index (χ3n) is 4.62. The minimum absolute atomic E-state index is 0.0135. The standard InChI is InChI=1S/C19H37N3O3/c1-7-16-10-8-9-12-22(16)13-11-20-17(23)15(2)14-21(6)18(24)25-19(3,4)5/h15-16H,7-14H2,1-6H3,(H,20,23)/t15-,16+/m1/s1. The van der Waals surface area contributed by atoms with E-state index in [1.165, 1.54) is 30.6 Å².